The van der Waals surface area contributed by atoms with E-state index in [2.05, 4.69) is 5.32 Å². The molecule has 108 valence electrons. The summed E-state index contributed by atoms with van der Waals surface area (Å²) >= 11 is 0. The highest BCUT2D eigenvalue weighted by Gasteiger charge is 2.41. The highest BCUT2D eigenvalue weighted by Crippen LogP contribution is 2.32. The summed E-state index contributed by atoms with van der Waals surface area (Å²) in [6.07, 6.45) is 1.58. The monoisotopic (exact) mass is 270 g/mol. The number of carbonyl (C=O) groups is 2. The average Bonchev–Trinajstić information content (AvgIpc) is 2.39. The van der Waals surface area contributed by atoms with Gasteiger partial charge in [-0.05, 0) is 25.9 Å². The van der Waals surface area contributed by atoms with Gasteiger partial charge in [-0.1, -0.05) is 6.92 Å². The standard InChI is InChI=1S/C13H22N2O4/c1-13(2-4-14-5-3-13)12(18)15-6-7-19-9-10(15)8-11(16)17/h10,14H,2-9H2,1H3,(H,16,17). The molecule has 0 aromatic heterocycles. The van der Waals surface area contributed by atoms with E-state index in [-0.39, 0.29) is 23.8 Å². The van der Waals surface area contributed by atoms with Gasteiger partial charge in [0.25, 0.3) is 0 Å². The highest BCUT2D eigenvalue weighted by molar-refractivity contribution is 5.83. The Bertz CT molecular complexity index is 353. The van der Waals surface area contributed by atoms with Crippen LogP contribution in [0.3, 0.4) is 0 Å². The number of ether oxygens (including phenoxy) is 1. The molecule has 0 aliphatic carbocycles. The van der Waals surface area contributed by atoms with E-state index in [9.17, 15) is 9.59 Å². The van der Waals surface area contributed by atoms with Crippen molar-refractivity contribution in [3.8, 4) is 0 Å². The molecule has 2 heterocycles. The predicted octanol–water partition coefficient (Wildman–Crippen LogP) is 0.0782. The third-order valence-corrected chi connectivity index (χ3v) is 4.12. The van der Waals surface area contributed by atoms with Crippen molar-refractivity contribution in [1.82, 2.24) is 10.2 Å². The second-order valence-electron chi connectivity index (χ2n) is 5.64. The summed E-state index contributed by atoms with van der Waals surface area (Å²) in [6, 6.07) is -0.328. The number of carboxylic acid groups (broad SMARTS) is 1. The number of amides is 1. The predicted molar refractivity (Wildman–Crippen MR) is 68.8 cm³/mol. The molecule has 6 nitrogen and oxygen atoms in total. The number of nitrogens with zero attached hydrogens (tertiary/aromatic N) is 1. The number of morpholine rings is 1. The molecule has 2 saturated heterocycles. The maximum Gasteiger partial charge on any atom is 0.305 e. The molecule has 19 heavy (non-hydrogen) atoms. The molecule has 2 aliphatic heterocycles. The molecule has 2 aliphatic rings. The first kappa shape index (κ1) is 14.3. The number of hydrogen-bond acceptors (Lipinski definition) is 4. The van der Waals surface area contributed by atoms with E-state index in [0.29, 0.717) is 19.8 Å². The van der Waals surface area contributed by atoms with E-state index in [0.717, 1.165) is 25.9 Å². The summed E-state index contributed by atoms with van der Waals surface area (Å²) < 4.78 is 5.31. The van der Waals surface area contributed by atoms with E-state index >= 15 is 0 Å². The minimum Gasteiger partial charge on any atom is -0.481 e. The summed E-state index contributed by atoms with van der Waals surface area (Å²) in [7, 11) is 0. The molecular formula is C13H22N2O4. The number of nitrogens with one attached hydrogen (secondary N) is 1. The quantitative estimate of drug-likeness (QED) is 0.759. The molecule has 1 amide bonds. The molecule has 6 heteroatoms. The zero-order valence-corrected chi connectivity index (χ0v) is 11.4. The van der Waals surface area contributed by atoms with Crippen molar-refractivity contribution in [3.63, 3.8) is 0 Å². The Morgan fingerprint density at radius 2 is 2.11 bits per heavy atom. The van der Waals surface area contributed by atoms with Crippen LogP contribution in [0.5, 0.6) is 0 Å². The second-order valence-corrected chi connectivity index (χ2v) is 5.64. The third-order valence-electron chi connectivity index (χ3n) is 4.12. The van der Waals surface area contributed by atoms with Crippen molar-refractivity contribution in [2.75, 3.05) is 32.8 Å². The normalized spacial score (nSPS) is 27.0. The van der Waals surface area contributed by atoms with Gasteiger partial charge in [-0.25, -0.2) is 0 Å². The van der Waals surface area contributed by atoms with Gasteiger partial charge in [0.15, 0.2) is 0 Å². The number of hydrogen-bond donors (Lipinski definition) is 2. The van der Waals surface area contributed by atoms with E-state index < -0.39 is 5.97 Å². The van der Waals surface area contributed by atoms with Gasteiger partial charge >= 0.3 is 5.97 Å². The van der Waals surface area contributed by atoms with E-state index in [4.69, 9.17) is 9.84 Å². The fourth-order valence-corrected chi connectivity index (χ4v) is 2.83. The fourth-order valence-electron chi connectivity index (χ4n) is 2.83. The summed E-state index contributed by atoms with van der Waals surface area (Å²) in [5.41, 5.74) is -0.362. The molecule has 2 N–H and O–H groups in total. The van der Waals surface area contributed by atoms with Crippen LogP contribution < -0.4 is 5.32 Å². The van der Waals surface area contributed by atoms with E-state index in [1.807, 2.05) is 6.92 Å². The summed E-state index contributed by atoms with van der Waals surface area (Å²) in [5, 5.41) is 12.2. The van der Waals surface area contributed by atoms with Crippen LogP contribution in [0.4, 0.5) is 0 Å². The van der Waals surface area contributed by atoms with Crippen LogP contribution in [0.2, 0.25) is 0 Å². The minimum absolute atomic E-state index is 0.0416. The van der Waals surface area contributed by atoms with Crippen molar-refractivity contribution < 1.29 is 19.4 Å². The van der Waals surface area contributed by atoms with Crippen LogP contribution in [-0.2, 0) is 14.3 Å². The number of piperidine rings is 1. The highest BCUT2D eigenvalue weighted by atomic mass is 16.5. The van der Waals surface area contributed by atoms with Crippen LogP contribution in [0.1, 0.15) is 26.2 Å². The lowest BCUT2D eigenvalue weighted by molar-refractivity contribution is -0.154. The van der Waals surface area contributed by atoms with Crippen molar-refractivity contribution in [2.24, 2.45) is 5.41 Å². The SMILES string of the molecule is CC1(C(=O)N2CCOCC2CC(=O)O)CCNCC1. The Labute approximate surface area is 113 Å². The van der Waals surface area contributed by atoms with Crippen molar-refractivity contribution >= 4 is 11.9 Å². The molecule has 0 radical (unpaired) electrons. The molecule has 2 fully saturated rings. The maximum absolute atomic E-state index is 12.7. The molecule has 1 unspecified atom stereocenters. The number of carbonyl (C=O) groups excluding carboxylic acids is 1. The molecule has 1 atom stereocenters. The minimum atomic E-state index is -0.885. The van der Waals surface area contributed by atoms with Crippen LogP contribution in [0, 0.1) is 5.41 Å². The topological polar surface area (TPSA) is 78.9 Å². The van der Waals surface area contributed by atoms with Gasteiger partial charge in [-0.3, -0.25) is 9.59 Å². The molecule has 0 aromatic rings. The Morgan fingerprint density at radius 1 is 1.42 bits per heavy atom. The lowest BCUT2D eigenvalue weighted by Gasteiger charge is -2.42. The second kappa shape index (κ2) is 5.88. The van der Waals surface area contributed by atoms with Crippen LogP contribution in [0.15, 0.2) is 0 Å². The van der Waals surface area contributed by atoms with Crippen molar-refractivity contribution in [2.45, 2.75) is 32.2 Å². The van der Waals surface area contributed by atoms with Gasteiger partial charge in [-0.2, -0.15) is 0 Å². The maximum atomic E-state index is 12.7. The molecule has 0 spiro atoms. The zero-order chi connectivity index (χ0) is 13.9. The van der Waals surface area contributed by atoms with Crippen LogP contribution in [0.25, 0.3) is 0 Å². The smallest absolute Gasteiger partial charge is 0.305 e. The summed E-state index contributed by atoms with van der Waals surface area (Å²) in [5.74, 6) is -0.799. The summed E-state index contributed by atoms with van der Waals surface area (Å²) in [6.45, 7) is 5.00. The number of carboxylic acids is 1. The first-order chi connectivity index (χ1) is 9.03. The molecule has 2 rings (SSSR count). The average molecular weight is 270 g/mol. The lowest BCUT2D eigenvalue weighted by atomic mass is 9.79. The molecule has 0 aromatic carbocycles. The number of aliphatic carboxylic acids is 1. The van der Waals surface area contributed by atoms with E-state index in [1.54, 1.807) is 4.90 Å². The number of rotatable bonds is 3. The van der Waals surface area contributed by atoms with Crippen molar-refractivity contribution in [1.29, 1.82) is 0 Å². The Balaban J connectivity index is 2.08. The lowest BCUT2D eigenvalue weighted by Crippen LogP contribution is -2.55. The molecule has 0 bridgehead atoms. The Hall–Kier alpha value is -1.14. The first-order valence-corrected chi connectivity index (χ1v) is 6.84. The largest absolute Gasteiger partial charge is 0.481 e. The van der Waals surface area contributed by atoms with Gasteiger partial charge in [0.05, 0.1) is 25.7 Å². The van der Waals surface area contributed by atoms with Crippen LogP contribution in [-0.4, -0.2) is 60.8 Å². The third kappa shape index (κ3) is 3.25. The van der Waals surface area contributed by atoms with Crippen LogP contribution >= 0.6 is 0 Å². The van der Waals surface area contributed by atoms with Gasteiger partial charge < -0.3 is 20.1 Å². The Morgan fingerprint density at radius 3 is 2.74 bits per heavy atom. The zero-order valence-electron chi connectivity index (χ0n) is 11.4. The van der Waals surface area contributed by atoms with Gasteiger partial charge in [-0.15, -0.1) is 0 Å². The van der Waals surface area contributed by atoms with Gasteiger partial charge in [0.2, 0.25) is 5.91 Å². The first-order valence-electron chi connectivity index (χ1n) is 6.84. The fraction of sp³-hybridized carbons (Fsp3) is 0.846. The Kier molecular flexibility index (Phi) is 4.42. The van der Waals surface area contributed by atoms with Crippen molar-refractivity contribution in [3.05, 3.63) is 0 Å². The van der Waals surface area contributed by atoms with Gasteiger partial charge in [0, 0.05) is 12.0 Å². The van der Waals surface area contributed by atoms with Gasteiger partial charge in [0.1, 0.15) is 0 Å². The molecule has 0 saturated carbocycles. The van der Waals surface area contributed by atoms with E-state index in [1.165, 1.54) is 0 Å². The molecular weight excluding hydrogens is 248 g/mol. The summed E-state index contributed by atoms with van der Waals surface area (Å²) in [4.78, 5) is 25.3.